The smallest absolute Gasteiger partial charge is 0.242 e. The van der Waals surface area contributed by atoms with Gasteiger partial charge in [0.2, 0.25) is 6.71 Å². The number of para-hydroxylation sites is 2. The van der Waals surface area contributed by atoms with Crippen LogP contribution in [0.4, 0.5) is 17.1 Å². The summed E-state index contributed by atoms with van der Waals surface area (Å²) in [5.74, 6) is 1.74. The molecule has 0 saturated heterocycles. The van der Waals surface area contributed by atoms with Crippen LogP contribution in [0.1, 0.15) is 22.3 Å². The highest BCUT2D eigenvalue weighted by Gasteiger charge is 2.28. The van der Waals surface area contributed by atoms with Gasteiger partial charge in [-0.05, 0) is 120 Å². The Morgan fingerprint density at radius 3 is 1.56 bits per heavy atom. The average Bonchev–Trinajstić information content (AvgIpc) is 3.31. The van der Waals surface area contributed by atoms with E-state index >= 15 is 0 Å². The van der Waals surface area contributed by atoms with E-state index in [1.807, 2.05) is 0 Å². The van der Waals surface area contributed by atoms with Crippen molar-refractivity contribution in [3.63, 3.8) is 0 Å². The minimum absolute atomic E-state index is 0.157. The third kappa shape index (κ3) is 6.78. The van der Waals surface area contributed by atoms with E-state index in [2.05, 4.69) is 239 Å². The molecule has 1 heterocycles. The second-order valence-electron chi connectivity index (χ2n) is 17.1. The first-order valence-electron chi connectivity index (χ1n) is 21.9. The Hall–Kier alpha value is -7.62. The monoisotopic (exact) mass is 807 g/mol. The second-order valence-corrected chi connectivity index (χ2v) is 17.1. The lowest BCUT2D eigenvalue weighted by atomic mass is 9.34. The van der Waals surface area contributed by atoms with Crippen molar-refractivity contribution in [2.75, 3.05) is 4.90 Å². The summed E-state index contributed by atoms with van der Waals surface area (Å²) >= 11 is 0. The van der Waals surface area contributed by atoms with Crippen LogP contribution in [0.15, 0.2) is 206 Å². The van der Waals surface area contributed by atoms with Crippen molar-refractivity contribution >= 4 is 61.7 Å². The van der Waals surface area contributed by atoms with Gasteiger partial charge in [-0.15, -0.1) is 0 Å². The summed E-state index contributed by atoms with van der Waals surface area (Å²) < 4.78 is 6.77. The van der Waals surface area contributed by atoms with E-state index in [1.165, 1.54) is 82.6 Å². The molecule has 0 radical (unpaired) electrons. The van der Waals surface area contributed by atoms with Crippen molar-refractivity contribution in [2.24, 2.45) is 0 Å². The van der Waals surface area contributed by atoms with Gasteiger partial charge in [0.05, 0.1) is 0 Å². The van der Waals surface area contributed by atoms with E-state index in [9.17, 15) is 0 Å². The Morgan fingerprint density at radius 2 is 0.905 bits per heavy atom. The third-order valence-corrected chi connectivity index (χ3v) is 13.2. The van der Waals surface area contributed by atoms with Gasteiger partial charge in [-0.25, -0.2) is 0 Å². The van der Waals surface area contributed by atoms with E-state index in [-0.39, 0.29) is 6.71 Å². The fourth-order valence-electron chi connectivity index (χ4n) is 10.1. The molecular weight excluding hydrogens is 761 g/mol. The molecule has 300 valence electrons. The number of hydrogen-bond acceptors (Lipinski definition) is 2. The molecule has 3 heteroatoms. The van der Waals surface area contributed by atoms with E-state index in [4.69, 9.17) is 4.74 Å². The Morgan fingerprint density at radius 1 is 0.365 bits per heavy atom. The summed E-state index contributed by atoms with van der Waals surface area (Å²) in [5.41, 5.74) is 19.8. The highest BCUT2D eigenvalue weighted by atomic mass is 16.5. The van der Waals surface area contributed by atoms with Crippen molar-refractivity contribution in [2.45, 2.75) is 27.7 Å². The number of ether oxygens (including phenoxy) is 1. The van der Waals surface area contributed by atoms with Crippen LogP contribution in [0.5, 0.6) is 11.5 Å². The maximum absolute atomic E-state index is 6.77. The molecule has 63 heavy (non-hydrogen) atoms. The van der Waals surface area contributed by atoms with Gasteiger partial charge in [-0.3, -0.25) is 0 Å². The van der Waals surface area contributed by atoms with Crippen LogP contribution in [-0.2, 0) is 0 Å². The first-order chi connectivity index (χ1) is 30.9. The minimum atomic E-state index is 0.157. The standard InChI is InChI=1S/C60H46BNO/c1-39-14-11-15-40(2)59(39)61(60-41(3)16-12-17-42(60)4)48-31-30-46-36-45(28-29-47(46)37-48)43-24-26-44(27-25-43)52-34-35-55-53-33-32-51(38-57(53)63-56-23-13-22-54(52)58(55)56)62(49-18-7-5-8-19-49)50-20-9-6-10-21-50/h5-38H,1-4H3. The topological polar surface area (TPSA) is 12.5 Å². The van der Waals surface area contributed by atoms with Crippen molar-refractivity contribution in [3.8, 4) is 44.9 Å². The highest BCUT2D eigenvalue weighted by Crippen LogP contribution is 2.50. The molecule has 10 aromatic carbocycles. The Balaban J connectivity index is 0.910. The average molecular weight is 808 g/mol. The van der Waals surface area contributed by atoms with Crippen LogP contribution in [0, 0.1) is 27.7 Å². The predicted molar refractivity (Wildman–Crippen MR) is 269 cm³/mol. The van der Waals surface area contributed by atoms with Crippen molar-refractivity contribution in [3.05, 3.63) is 229 Å². The van der Waals surface area contributed by atoms with Crippen LogP contribution in [0.2, 0.25) is 0 Å². The number of benzene rings is 10. The predicted octanol–water partition coefficient (Wildman–Crippen LogP) is 14.3. The van der Waals surface area contributed by atoms with Gasteiger partial charge in [0.1, 0.15) is 11.5 Å². The summed E-state index contributed by atoms with van der Waals surface area (Å²) in [6.07, 6.45) is 0. The number of aryl methyl sites for hydroxylation is 4. The molecule has 0 aliphatic carbocycles. The molecule has 0 saturated carbocycles. The molecule has 11 rings (SSSR count). The Bertz CT molecular complexity index is 3220. The molecule has 0 atom stereocenters. The summed E-state index contributed by atoms with van der Waals surface area (Å²) in [6.45, 7) is 9.17. The molecule has 10 aromatic rings. The first kappa shape index (κ1) is 38.3. The zero-order chi connectivity index (χ0) is 42.6. The molecule has 1 aliphatic heterocycles. The summed E-state index contributed by atoms with van der Waals surface area (Å²) in [7, 11) is 0. The van der Waals surface area contributed by atoms with Crippen molar-refractivity contribution in [1.29, 1.82) is 0 Å². The van der Waals surface area contributed by atoms with E-state index in [0.717, 1.165) is 39.5 Å². The van der Waals surface area contributed by atoms with Crippen LogP contribution in [0.25, 0.3) is 54.9 Å². The number of anilines is 3. The molecular formula is C60H46BNO. The first-order valence-corrected chi connectivity index (χ1v) is 21.9. The normalized spacial score (nSPS) is 11.6. The minimum Gasteiger partial charge on any atom is -0.456 e. The zero-order valence-electron chi connectivity index (χ0n) is 36.1. The summed E-state index contributed by atoms with van der Waals surface area (Å²) in [5, 5.41) is 4.83. The molecule has 0 fully saturated rings. The SMILES string of the molecule is Cc1cccc(C)c1B(c1ccc2cc(-c3ccc(-c4ccc5c6c(cccc46)Oc4cc(N(c6ccccc6)c6ccccc6)ccc4-5)cc3)ccc2c1)c1c(C)cccc1C. The van der Waals surface area contributed by atoms with Gasteiger partial charge in [-0.2, -0.15) is 0 Å². The lowest BCUT2D eigenvalue weighted by molar-refractivity contribution is 0.487. The van der Waals surface area contributed by atoms with Gasteiger partial charge < -0.3 is 9.64 Å². The van der Waals surface area contributed by atoms with Crippen LogP contribution >= 0.6 is 0 Å². The number of nitrogens with zero attached hydrogens (tertiary/aromatic N) is 1. The van der Waals surface area contributed by atoms with Gasteiger partial charge in [0.15, 0.2) is 0 Å². The van der Waals surface area contributed by atoms with Crippen LogP contribution in [0.3, 0.4) is 0 Å². The second kappa shape index (κ2) is 15.7. The van der Waals surface area contributed by atoms with Gasteiger partial charge in [-0.1, -0.05) is 190 Å². The van der Waals surface area contributed by atoms with Crippen molar-refractivity contribution in [1.82, 2.24) is 0 Å². The lowest BCUT2D eigenvalue weighted by Gasteiger charge is -2.28. The molecule has 1 aliphatic rings. The Labute approximate surface area is 370 Å². The fraction of sp³-hybridized carbons (Fsp3) is 0.0667. The quantitative estimate of drug-likeness (QED) is 0.142. The Kier molecular flexibility index (Phi) is 9.54. The highest BCUT2D eigenvalue weighted by molar-refractivity contribution is 6.96. The van der Waals surface area contributed by atoms with Crippen LogP contribution in [-0.4, -0.2) is 6.71 Å². The van der Waals surface area contributed by atoms with E-state index in [1.54, 1.807) is 0 Å². The molecule has 2 nitrogen and oxygen atoms in total. The summed E-state index contributed by atoms with van der Waals surface area (Å²) in [6, 6.07) is 75.0. The largest absolute Gasteiger partial charge is 0.456 e. The van der Waals surface area contributed by atoms with Crippen molar-refractivity contribution < 1.29 is 4.74 Å². The maximum atomic E-state index is 6.77. The molecule has 0 bridgehead atoms. The molecule has 0 aromatic heterocycles. The van der Waals surface area contributed by atoms with Gasteiger partial charge >= 0.3 is 0 Å². The van der Waals surface area contributed by atoms with Gasteiger partial charge in [0, 0.05) is 34.1 Å². The van der Waals surface area contributed by atoms with E-state index < -0.39 is 0 Å². The maximum Gasteiger partial charge on any atom is 0.242 e. The van der Waals surface area contributed by atoms with E-state index in [0.29, 0.717) is 0 Å². The molecule has 0 N–H and O–H groups in total. The molecule has 0 spiro atoms. The number of hydrogen-bond donors (Lipinski definition) is 0. The summed E-state index contributed by atoms with van der Waals surface area (Å²) in [4.78, 5) is 2.28. The number of fused-ring (bicyclic) bond motifs is 3. The molecule has 0 unspecified atom stereocenters. The number of rotatable bonds is 8. The molecule has 0 amide bonds. The third-order valence-electron chi connectivity index (χ3n) is 13.2. The fourth-order valence-corrected chi connectivity index (χ4v) is 10.1. The lowest BCUT2D eigenvalue weighted by Crippen LogP contribution is -2.55. The van der Waals surface area contributed by atoms with Gasteiger partial charge in [0.25, 0.3) is 0 Å². The zero-order valence-corrected chi connectivity index (χ0v) is 36.1. The van der Waals surface area contributed by atoms with Crippen LogP contribution < -0.4 is 26.0 Å².